The average molecular weight is 252 g/mol. The highest BCUT2D eigenvalue weighted by atomic mass is 35.5. The number of halogens is 1. The van der Waals surface area contributed by atoms with Crippen molar-refractivity contribution in [2.45, 2.75) is 20.3 Å². The Bertz CT molecular complexity index is 501. The number of nitriles is 1. The molecule has 1 saturated heterocycles. The maximum Gasteiger partial charge on any atom is 0.228 e. The summed E-state index contributed by atoms with van der Waals surface area (Å²) >= 11 is 5.78. The molecule has 1 aromatic heterocycles. The minimum atomic E-state index is 0.0356. The monoisotopic (exact) mass is 251 g/mol. The van der Waals surface area contributed by atoms with Gasteiger partial charge in [-0.25, -0.2) is 0 Å². The van der Waals surface area contributed by atoms with Crippen LogP contribution >= 0.6 is 11.6 Å². The molecule has 1 N–H and O–H groups in total. The molecule has 1 aliphatic heterocycles. The first-order chi connectivity index (χ1) is 8.08. The zero-order valence-corrected chi connectivity index (χ0v) is 10.6. The van der Waals surface area contributed by atoms with Crippen LogP contribution in [0.5, 0.6) is 0 Å². The van der Waals surface area contributed by atoms with Crippen LogP contribution < -0.4 is 4.90 Å². The van der Waals surface area contributed by atoms with Gasteiger partial charge in [0.05, 0.1) is 5.56 Å². The number of carbonyl (C=O) groups is 1. The first-order valence-corrected chi connectivity index (χ1v) is 6.07. The standard InChI is InChI=1S/C12H14ClN3O/c1-7-8(2)15-12(10(7)5-14)16-6-9(4-13)3-11(16)17/h9,15H,3-4,6H2,1-2H3. The van der Waals surface area contributed by atoms with E-state index >= 15 is 0 Å². The van der Waals surface area contributed by atoms with Crippen molar-refractivity contribution in [2.24, 2.45) is 5.92 Å². The fraction of sp³-hybridized carbons (Fsp3) is 0.500. The first-order valence-electron chi connectivity index (χ1n) is 5.54. The van der Waals surface area contributed by atoms with Crippen molar-refractivity contribution in [3.05, 3.63) is 16.8 Å². The highest BCUT2D eigenvalue weighted by molar-refractivity contribution is 6.18. The Kier molecular flexibility index (Phi) is 3.12. The summed E-state index contributed by atoms with van der Waals surface area (Å²) in [7, 11) is 0. The van der Waals surface area contributed by atoms with Crippen molar-refractivity contribution in [3.63, 3.8) is 0 Å². The second kappa shape index (κ2) is 4.42. The van der Waals surface area contributed by atoms with E-state index in [-0.39, 0.29) is 11.8 Å². The highest BCUT2D eigenvalue weighted by Crippen LogP contribution is 2.30. The predicted molar refractivity (Wildman–Crippen MR) is 66.2 cm³/mol. The number of carbonyl (C=O) groups excluding carboxylic acids is 1. The first kappa shape index (κ1) is 12.0. The lowest BCUT2D eigenvalue weighted by molar-refractivity contribution is -0.117. The molecular weight excluding hydrogens is 238 g/mol. The van der Waals surface area contributed by atoms with Gasteiger partial charge in [0.1, 0.15) is 11.9 Å². The summed E-state index contributed by atoms with van der Waals surface area (Å²) in [6.07, 6.45) is 0.464. The molecule has 5 heteroatoms. The van der Waals surface area contributed by atoms with E-state index in [9.17, 15) is 4.79 Å². The smallest absolute Gasteiger partial charge is 0.228 e. The van der Waals surface area contributed by atoms with E-state index in [0.717, 1.165) is 11.3 Å². The molecule has 0 spiro atoms. The van der Waals surface area contributed by atoms with Crippen molar-refractivity contribution in [3.8, 4) is 6.07 Å². The minimum absolute atomic E-state index is 0.0356. The Labute approximate surface area is 105 Å². The van der Waals surface area contributed by atoms with Gasteiger partial charge < -0.3 is 4.98 Å². The Morgan fingerprint density at radius 2 is 2.29 bits per heavy atom. The van der Waals surface area contributed by atoms with Crippen molar-refractivity contribution in [1.29, 1.82) is 5.26 Å². The van der Waals surface area contributed by atoms with Gasteiger partial charge in [-0.1, -0.05) is 0 Å². The summed E-state index contributed by atoms with van der Waals surface area (Å²) in [5.74, 6) is 1.32. The second-order valence-corrected chi connectivity index (χ2v) is 4.75. The van der Waals surface area contributed by atoms with E-state index in [1.165, 1.54) is 0 Å². The summed E-state index contributed by atoms with van der Waals surface area (Å²) in [6, 6.07) is 2.16. The number of aryl methyl sites for hydroxylation is 1. The molecule has 0 bridgehead atoms. The molecule has 1 aromatic rings. The fourth-order valence-corrected chi connectivity index (χ4v) is 2.35. The largest absolute Gasteiger partial charge is 0.344 e. The maximum absolute atomic E-state index is 11.9. The number of rotatable bonds is 2. The van der Waals surface area contributed by atoms with Crippen LogP contribution in [0.1, 0.15) is 23.2 Å². The van der Waals surface area contributed by atoms with Gasteiger partial charge in [0.25, 0.3) is 0 Å². The molecule has 0 saturated carbocycles. The van der Waals surface area contributed by atoms with Crippen molar-refractivity contribution < 1.29 is 4.79 Å². The lowest BCUT2D eigenvalue weighted by Crippen LogP contribution is -2.25. The van der Waals surface area contributed by atoms with Gasteiger partial charge in [0, 0.05) is 24.5 Å². The molecule has 0 aliphatic carbocycles. The van der Waals surface area contributed by atoms with Crippen molar-refractivity contribution in [1.82, 2.24) is 4.98 Å². The molecule has 90 valence electrons. The fourth-order valence-electron chi connectivity index (χ4n) is 2.14. The number of H-pyrrole nitrogens is 1. The minimum Gasteiger partial charge on any atom is -0.344 e. The zero-order valence-electron chi connectivity index (χ0n) is 9.88. The molecular formula is C12H14ClN3O. The van der Waals surface area contributed by atoms with E-state index in [1.807, 2.05) is 13.8 Å². The molecule has 2 rings (SSSR count). The third-order valence-electron chi connectivity index (χ3n) is 3.29. The van der Waals surface area contributed by atoms with Crippen LogP contribution in [-0.4, -0.2) is 23.3 Å². The van der Waals surface area contributed by atoms with Gasteiger partial charge in [0.2, 0.25) is 5.91 Å². The molecule has 4 nitrogen and oxygen atoms in total. The molecule has 0 aromatic carbocycles. The number of nitrogens with one attached hydrogen (secondary N) is 1. The summed E-state index contributed by atoms with van der Waals surface area (Å²) in [5.41, 5.74) is 2.40. The van der Waals surface area contributed by atoms with Gasteiger partial charge in [-0.2, -0.15) is 5.26 Å². The summed E-state index contributed by atoms with van der Waals surface area (Å²) < 4.78 is 0. The van der Waals surface area contributed by atoms with Gasteiger partial charge in [-0.15, -0.1) is 11.6 Å². The normalized spacial score (nSPS) is 19.8. The Hall–Kier alpha value is -1.47. The van der Waals surface area contributed by atoms with E-state index in [4.69, 9.17) is 16.9 Å². The van der Waals surface area contributed by atoms with Crippen LogP contribution in [0.2, 0.25) is 0 Å². The Morgan fingerprint density at radius 1 is 1.59 bits per heavy atom. The van der Waals surface area contributed by atoms with E-state index < -0.39 is 0 Å². The van der Waals surface area contributed by atoms with Crippen molar-refractivity contribution in [2.75, 3.05) is 17.3 Å². The SMILES string of the molecule is Cc1[nH]c(N2CC(CCl)CC2=O)c(C#N)c1C. The molecule has 1 aliphatic rings. The number of aromatic nitrogens is 1. The van der Waals surface area contributed by atoms with E-state index in [1.54, 1.807) is 4.90 Å². The Morgan fingerprint density at radius 3 is 2.82 bits per heavy atom. The van der Waals surface area contributed by atoms with Crippen LogP contribution in [0.25, 0.3) is 0 Å². The number of hydrogen-bond donors (Lipinski definition) is 1. The lowest BCUT2D eigenvalue weighted by Gasteiger charge is -2.14. The Balaban J connectivity index is 2.39. The zero-order chi connectivity index (χ0) is 12.6. The van der Waals surface area contributed by atoms with E-state index in [2.05, 4.69) is 11.1 Å². The van der Waals surface area contributed by atoms with E-state index in [0.29, 0.717) is 30.2 Å². The summed E-state index contributed by atoms with van der Waals surface area (Å²) in [5, 5.41) is 9.15. The molecule has 1 amide bonds. The molecule has 0 radical (unpaired) electrons. The highest BCUT2D eigenvalue weighted by Gasteiger charge is 2.32. The molecule has 1 unspecified atom stereocenters. The molecule has 1 atom stereocenters. The number of hydrogen-bond acceptors (Lipinski definition) is 2. The van der Waals surface area contributed by atoms with Crippen LogP contribution in [0.3, 0.4) is 0 Å². The topological polar surface area (TPSA) is 59.9 Å². The second-order valence-electron chi connectivity index (χ2n) is 4.44. The molecule has 2 heterocycles. The summed E-state index contributed by atoms with van der Waals surface area (Å²) in [6.45, 7) is 4.38. The third kappa shape index (κ3) is 1.91. The van der Waals surface area contributed by atoms with Crippen molar-refractivity contribution >= 4 is 23.3 Å². The number of anilines is 1. The van der Waals surface area contributed by atoms with Crippen LogP contribution in [0, 0.1) is 31.1 Å². The quantitative estimate of drug-likeness (QED) is 0.819. The van der Waals surface area contributed by atoms with Gasteiger partial charge in [-0.05, 0) is 25.3 Å². The molecule has 1 fully saturated rings. The average Bonchev–Trinajstić information content (AvgIpc) is 2.81. The molecule has 17 heavy (non-hydrogen) atoms. The van der Waals surface area contributed by atoms with Crippen LogP contribution in [0.15, 0.2) is 0 Å². The summed E-state index contributed by atoms with van der Waals surface area (Å²) in [4.78, 5) is 16.6. The van der Waals surface area contributed by atoms with Gasteiger partial charge in [-0.3, -0.25) is 9.69 Å². The van der Waals surface area contributed by atoms with Gasteiger partial charge in [0.15, 0.2) is 0 Å². The number of alkyl halides is 1. The van der Waals surface area contributed by atoms with Crippen LogP contribution in [0.4, 0.5) is 5.82 Å². The third-order valence-corrected chi connectivity index (χ3v) is 3.72. The number of amides is 1. The van der Waals surface area contributed by atoms with Crippen LogP contribution in [-0.2, 0) is 4.79 Å². The maximum atomic E-state index is 11.9. The lowest BCUT2D eigenvalue weighted by atomic mass is 10.1. The van der Waals surface area contributed by atoms with Gasteiger partial charge >= 0.3 is 0 Å². The predicted octanol–water partition coefficient (Wildman–Crippen LogP) is 2.09. The number of nitrogens with zero attached hydrogens (tertiary/aromatic N) is 2. The number of aromatic amines is 1.